The quantitative estimate of drug-likeness (QED) is 0.676. The van der Waals surface area contributed by atoms with Crippen molar-refractivity contribution in [3.63, 3.8) is 0 Å². The van der Waals surface area contributed by atoms with Gasteiger partial charge in [0.05, 0.1) is 11.0 Å². The molecule has 29 heavy (non-hydrogen) atoms. The molecule has 0 aliphatic carbocycles. The van der Waals surface area contributed by atoms with E-state index in [0.29, 0.717) is 5.82 Å². The summed E-state index contributed by atoms with van der Waals surface area (Å²) in [5.41, 5.74) is 4.71. The Morgan fingerprint density at radius 1 is 1.03 bits per heavy atom. The van der Waals surface area contributed by atoms with E-state index in [2.05, 4.69) is 13.0 Å². The maximum atomic E-state index is 13.2. The van der Waals surface area contributed by atoms with Crippen LogP contribution in [0.1, 0.15) is 56.3 Å². The van der Waals surface area contributed by atoms with Gasteiger partial charge in [0.15, 0.2) is 0 Å². The van der Waals surface area contributed by atoms with Crippen molar-refractivity contribution in [2.45, 2.75) is 66.3 Å². The van der Waals surface area contributed by atoms with Crippen LogP contribution in [0, 0.1) is 13.8 Å². The molecule has 2 aromatic carbocycles. The zero-order valence-corrected chi connectivity index (χ0v) is 18.2. The van der Waals surface area contributed by atoms with Gasteiger partial charge < -0.3 is 14.6 Å². The van der Waals surface area contributed by atoms with Crippen molar-refractivity contribution in [1.29, 1.82) is 0 Å². The molecule has 1 unspecified atom stereocenters. The molecular formula is C24H31N3O2. The minimum absolute atomic E-state index is 0.0223. The Morgan fingerprint density at radius 3 is 2.21 bits per heavy atom. The third-order valence-corrected chi connectivity index (χ3v) is 5.45. The Hall–Kier alpha value is -2.66. The molecular weight excluding hydrogens is 362 g/mol. The van der Waals surface area contributed by atoms with Crippen LogP contribution in [0.3, 0.4) is 0 Å². The van der Waals surface area contributed by atoms with Gasteiger partial charge in [0.2, 0.25) is 5.91 Å². The maximum Gasteiger partial charge on any atom is 0.243 e. The zero-order valence-electron chi connectivity index (χ0n) is 18.2. The third-order valence-electron chi connectivity index (χ3n) is 5.45. The van der Waals surface area contributed by atoms with E-state index in [1.807, 2.05) is 80.5 Å². The molecule has 5 nitrogen and oxygen atoms in total. The predicted molar refractivity (Wildman–Crippen MR) is 117 cm³/mol. The number of aliphatic hydroxyl groups excluding tert-OH is 1. The van der Waals surface area contributed by atoms with Crippen molar-refractivity contribution in [2.24, 2.45) is 0 Å². The molecule has 0 spiro atoms. The number of carbonyl (C=O) groups excluding carboxylic acids is 1. The number of nitrogens with zero attached hydrogens (tertiary/aromatic N) is 3. The molecule has 0 fully saturated rings. The zero-order chi connectivity index (χ0) is 21.3. The number of amides is 1. The van der Waals surface area contributed by atoms with Crippen LogP contribution in [0.4, 0.5) is 0 Å². The molecule has 1 aromatic heterocycles. The number of carbonyl (C=O) groups is 1. The van der Waals surface area contributed by atoms with Gasteiger partial charge in [-0.2, -0.15) is 0 Å². The summed E-state index contributed by atoms with van der Waals surface area (Å²) < 4.78 is 1.87. The highest BCUT2D eigenvalue weighted by Crippen LogP contribution is 2.28. The lowest BCUT2D eigenvalue weighted by atomic mass is 10.1. The number of rotatable bonds is 6. The summed E-state index contributed by atoms with van der Waals surface area (Å²) >= 11 is 0. The highest BCUT2D eigenvalue weighted by molar-refractivity contribution is 5.82. The van der Waals surface area contributed by atoms with Gasteiger partial charge in [0.1, 0.15) is 18.5 Å². The Balaban J connectivity index is 2.12. The molecule has 5 heteroatoms. The molecule has 0 radical (unpaired) electrons. The van der Waals surface area contributed by atoms with Gasteiger partial charge >= 0.3 is 0 Å². The minimum atomic E-state index is -0.899. The second-order valence-electron chi connectivity index (χ2n) is 8.28. The van der Waals surface area contributed by atoms with E-state index in [-0.39, 0.29) is 24.5 Å². The van der Waals surface area contributed by atoms with Crippen LogP contribution in [0.2, 0.25) is 0 Å². The van der Waals surface area contributed by atoms with Crippen molar-refractivity contribution >= 4 is 16.9 Å². The minimum Gasteiger partial charge on any atom is -0.380 e. The number of aromatic nitrogens is 2. The summed E-state index contributed by atoms with van der Waals surface area (Å²) in [5, 5.41) is 11.1. The average Bonchev–Trinajstić information content (AvgIpc) is 2.99. The van der Waals surface area contributed by atoms with Gasteiger partial charge in [-0.15, -0.1) is 0 Å². The second kappa shape index (κ2) is 8.37. The average molecular weight is 394 g/mol. The number of benzene rings is 2. The van der Waals surface area contributed by atoms with E-state index in [4.69, 9.17) is 4.98 Å². The molecule has 1 atom stereocenters. The predicted octanol–water partition coefficient (Wildman–Crippen LogP) is 4.38. The topological polar surface area (TPSA) is 58.4 Å². The van der Waals surface area contributed by atoms with Gasteiger partial charge in [-0.05, 0) is 70.4 Å². The Kier molecular flexibility index (Phi) is 6.08. The second-order valence-corrected chi connectivity index (χ2v) is 8.28. The molecule has 1 amide bonds. The monoisotopic (exact) mass is 393 g/mol. The summed E-state index contributed by atoms with van der Waals surface area (Å²) in [5.74, 6) is 0.519. The smallest absolute Gasteiger partial charge is 0.243 e. The summed E-state index contributed by atoms with van der Waals surface area (Å²) in [4.78, 5) is 19.8. The van der Waals surface area contributed by atoms with Crippen LogP contribution in [-0.2, 0) is 11.3 Å². The van der Waals surface area contributed by atoms with Gasteiger partial charge in [0.25, 0.3) is 0 Å². The van der Waals surface area contributed by atoms with Crippen molar-refractivity contribution in [3.8, 4) is 0 Å². The normalized spacial score (nSPS) is 12.7. The van der Waals surface area contributed by atoms with Crippen molar-refractivity contribution in [1.82, 2.24) is 14.5 Å². The van der Waals surface area contributed by atoms with Crippen LogP contribution >= 0.6 is 0 Å². The number of hydrogen-bond acceptors (Lipinski definition) is 3. The van der Waals surface area contributed by atoms with E-state index < -0.39 is 6.10 Å². The van der Waals surface area contributed by atoms with E-state index in [1.54, 1.807) is 0 Å². The fourth-order valence-electron chi connectivity index (χ4n) is 3.95. The molecule has 1 N–H and O–H groups in total. The molecule has 3 rings (SSSR count). The standard InChI is InChI=1S/C24H31N3O2/c1-15(2)27(16(3)4)22(28)14-26-21-13-18(6)17(5)12-20(21)25-24(26)23(29)19-10-8-7-9-11-19/h7-13,15-16,23,29H,14H2,1-6H3. The molecule has 0 aliphatic rings. The first-order chi connectivity index (χ1) is 13.7. The Bertz CT molecular complexity index is 998. The van der Waals surface area contributed by atoms with E-state index in [1.165, 1.54) is 0 Å². The first-order valence-corrected chi connectivity index (χ1v) is 10.2. The lowest BCUT2D eigenvalue weighted by Crippen LogP contribution is -2.43. The van der Waals surface area contributed by atoms with E-state index in [0.717, 1.165) is 27.7 Å². The maximum absolute atomic E-state index is 13.2. The van der Waals surface area contributed by atoms with E-state index >= 15 is 0 Å². The fourth-order valence-corrected chi connectivity index (χ4v) is 3.95. The van der Waals surface area contributed by atoms with Crippen LogP contribution in [0.5, 0.6) is 0 Å². The number of fused-ring (bicyclic) bond motifs is 1. The summed E-state index contributed by atoms with van der Waals surface area (Å²) in [6.07, 6.45) is -0.899. The van der Waals surface area contributed by atoms with E-state index in [9.17, 15) is 9.90 Å². The molecule has 154 valence electrons. The molecule has 0 saturated heterocycles. The molecule has 1 heterocycles. The number of aliphatic hydroxyl groups is 1. The largest absolute Gasteiger partial charge is 0.380 e. The molecule has 0 saturated carbocycles. The lowest BCUT2D eigenvalue weighted by Gasteiger charge is -2.31. The molecule has 0 aliphatic heterocycles. The van der Waals surface area contributed by atoms with Crippen LogP contribution in [0.15, 0.2) is 42.5 Å². The fraction of sp³-hybridized carbons (Fsp3) is 0.417. The third kappa shape index (κ3) is 4.20. The SMILES string of the molecule is Cc1cc2nc(C(O)c3ccccc3)n(CC(=O)N(C(C)C)C(C)C)c2cc1C. The van der Waals surface area contributed by atoms with Crippen molar-refractivity contribution in [3.05, 3.63) is 65.0 Å². The van der Waals surface area contributed by atoms with Gasteiger partial charge in [-0.3, -0.25) is 4.79 Å². The van der Waals surface area contributed by atoms with Crippen LogP contribution in [-0.4, -0.2) is 37.5 Å². The van der Waals surface area contributed by atoms with Gasteiger partial charge in [-0.25, -0.2) is 4.98 Å². The molecule has 3 aromatic rings. The summed E-state index contributed by atoms with van der Waals surface area (Å²) in [6.45, 7) is 12.3. The number of imidazole rings is 1. The first kappa shape index (κ1) is 21.1. The number of hydrogen-bond donors (Lipinski definition) is 1. The van der Waals surface area contributed by atoms with Crippen molar-refractivity contribution < 1.29 is 9.90 Å². The summed E-state index contributed by atoms with van der Waals surface area (Å²) in [6, 6.07) is 13.7. The van der Waals surface area contributed by atoms with Crippen LogP contribution in [0.25, 0.3) is 11.0 Å². The summed E-state index contributed by atoms with van der Waals surface area (Å²) in [7, 11) is 0. The van der Waals surface area contributed by atoms with Crippen molar-refractivity contribution in [2.75, 3.05) is 0 Å². The lowest BCUT2D eigenvalue weighted by molar-refractivity contribution is -0.135. The number of aryl methyl sites for hydroxylation is 2. The first-order valence-electron chi connectivity index (χ1n) is 10.2. The van der Waals surface area contributed by atoms with Gasteiger partial charge in [0, 0.05) is 12.1 Å². The Morgan fingerprint density at radius 2 is 1.62 bits per heavy atom. The van der Waals surface area contributed by atoms with Crippen LogP contribution < -0.4 is 0 Å². The highest BCUT2D eigenvalue weighted by Gasteiger charge is 2.25. The molecule has 0 bridgehead atoms. The van der Waals surface area contributed by atoms with Gasteiger partial charge in [-0.1, -0.05) is 30.3 Å². The Labute approximate surface area is 173 Å². The highest BCUT2D eigenvalue weighted by atomic mass is 16.3.